The number of halogens is 3. The number of nitriles is 1. The van der Waals surface area contributed by atoms with E-state index in [0.29, 0.717) is 6.54 Å². The van der Waals surface area contributed by atoms with Gasteiger partial charge in [-0.3, -0.25) is 9.59 Å². The zero-order chi connectivity index (χ0) is 22.6. The van der Waals surface area contributed by atoms with Crippen LogP contribution in [0.2, 0.25) is 0 Å². The molecule has 168 valence electrons. The minimum Gasteiger partial charge on any atom is -0.383 e. The van der Waals surface area contributed by atoms with Crippen molar-refractivity contribution < 1.29 is 27.5 Å². The summed E-state index contributed by atoms with van der Waals surface area (Å²) in [5, 5.41) is 11.8. The van der Waals surface area contributed by atoms with Gasteiger partial charge in [-0.05, 0) is 31.0 Å². The van der Waals surface area contributed by atoms with Crippen molar-refractivity contribution in [2.45, 2.75) is 31.5 Å². The fourth-order valence-electron chi connectivity index (χ4n) is 3.87. The first-order valence-corrected chi connectivity index (χ1v) is 10.2. The molecule has 1 atom stereocenters. The molecule has 0 spiro atoms. The number of ether oxygens (including phenoxy) is 1. The van der Waals surface area contributed by atoms with Gasteiger partial charge in [0, 0.05) is 38.3 Å². The van der Waals surface area contributed by atoms with E-state index in [9.17, 15) is 22.8 Å². The Bertz CT molecular complexity index is 864. The van der Waals surface area contributed by atoms with Crippen molar-refractivity contribution in [2.75, 3.05) is 44.8 Å². The van der Waals surface area contributed by atoms with Gasteiger partial charge in [0.15, 0.2) is 0 Å². The zero-order valence-electron chi connectivity index (χ0n) is 17.2. The minimum absolute atomic E-state index is 0.00333. The molecule has 1 unspecified atom stereocenters. The molecule has 7 nitrogen and oxygen atoms in total. The number of benzene rings is 1. The van der Waals surface area contributed by atoms with Gasteiger partial charge in [0.2, 0.25) is 11.8 Å². The van der Waals surface area contributed by atoms with Crippen LogP contribution in [0.5, 0.6) is 0 Å². The molecule has 1 aromatic rings. The standard InChI is InChI=1S/C21H25F3N4O3/c1-31-10-7-26-19(29)18-13-27(20(30)14-3-2-4-14)8-9-28(18)16-6-5-15(12-25)17(11-16)21(22,23)24/h5-6,11,14,18H,2-4,7-10,13H2,1H3,(H,26,29). The lowest BCUT2D eigenvalue weighted by molar-refractivity contribution is -0.140. The van der Waals surface area contributed by atoms with E-state index in [4.69, 9.17) is 10.00 Å². The van der Waals surface area contributed by atoms with E-state index in [0.717, 1.165) is 31.4 Å². The second kappa shape index (κ2) is 9.56. The van der Waals surface area contributed by atoms with Gasteiger partial charge in [-0.2, -0.15) is 18.4 Å². The normalized spacial score (nSPS) is 19.5. The maximum Gasteiger partial charge on any atom is 0.417 e. The summed E-state index contributed by atoms with van der Waals surface area (Å²) >= 11 is 0. The summed E-state index contributed by atoms with van der Waals surface area (Å²) in [5.41, 5.74) is -1.33. The molecule has 0 radical (unpaired) electrons. The van der Waals surface area contributed by atoms with Crippen LogP contribution in [-0.4, -0.2) is 62.7 Å². The number of hydrogen-bond acceptors (Lipinski definition) is 5. The summed E-state index contributed by atoms with van der Waals surface area (Å²) in [6, 6.07) is 4.14. The van der Waals surface area contributed by atoms with E-state index in [1.165, 1.54) is 13.2 Å². The van der Waals surface area contributed by atoms with Crippen molar-refractivity contribution in [1.29, 1.82) is 5.26 Å². The molecule has 1 saturated carbocycles. The van der Waals surface area contributed by atoms with Crippen LogP contribution in [-0.2, 0) is 20.5 Å². The van der Waals surface area contributed by atoms with Crippen LogP contribution in [0, 0.1) is 17.2 Å². The predicted molar refractivity (Wildman–Crippen MR) is 106 cm³/mol. The van der Waals surface area contributed by atoms with Gasteiger partial charge in [-0.1, -0.05) is 6.42 Å². The van der Waals surface area contributed by atoms with Crippen LogP contribution in [0.25, 0.3) is 0 Å². The van der Waals surface area contributed by atoms with Crippen molar-refractivity contribution in [3.05, 3.63) is 29.3 Å². The smallest absolute Gasteiger partial charge is 0.383 e. The first-order valence-electron chi connectivity index (χ1n) is 10.2. The van der Waals surface area contributed by atoms with E-state index in [2.05, 4.69) is 5.32 Å². The Morgan fingerprint density at radius 3 is 2.61 bits per heavy atom. The number of amides is 2. The summed E-state index contributed by atoms with van der Waals surface area (Å²) < 4.78 is 45.2. The number of rotatable bonds is 6. The Morgan fingerprint density at radius 1 is 1.29 bits per heavy atom. The molecule has 1 aliphatic carbocycles. The van der Waals surface area contributed by atoms with E-state index in [1.807, 2.05) is 0 Å². The Kier molecular flexibility index (Phi) is 7.05. The molecule has 2 amide bonds. The fourth-order valence-corrected chi connectivity index (χ4v) is 3.87. The Morgan fingerprint density at radius 2 is 2.03 bits per heavy atom. The molecule has 2 fully saturated rings. The molecule has 31 heavy (non-hydrogen) atoms. The highest BCUT2D eigenvalue weighted by Crippen LogP contribution is 2.36. The average Bonchev–Trinajstić information content (AvgIpc) is 2.71. The molecule has 1 N–H and O–H groups in total. The quantitative estimate of drug-likeness (QED) is 0.688. The number of carbonyl (C=O) groups excluding carboxylic acids is 2. The first kappa shape index (κ1) is 22.9. The number of alkyl halides is 3. The van der Waals surface area contributed by atoms with Crippen molar-refractivity contribution in [2.24, 2.45) is 5.92 Å². The SMILES string of the molecule is COCCNC(=O)C1CN(C(=O)C2CCC2)CCN1c1ccc(C#N)c(C(F)(F)F)c1. The van der Waals surface area contributed by atoms with E-state index < -0.39 is 23.3 Å². The maximum atomic E-state index is 13.4. The zero-order valence-corrected chi connectivity index (χ0v) is 17.2. The van der Waals surface area contributed by atoms with Crippen molar-refractivity contribution >= 4 is 17.5 Å². The lowest BCUT2D eigenvalue weighted by Crippen LogP contribution is -2.61. The Balaban J connectivity index is 1.87. The summed E-state index contributed by atoms with van der Waals surface area (Å²) in [7, 11) is 1.49. The molecule has 10 heteroatoms. The van der Waals surface area contributed by atoms with Gasteiger partial charge in [-0.25, -0.2) is 0 Å². The number of nitrogens with zero attached hydrogens (tertiary/aromatic N) is 3. The lowest BCUT2D eigenvalue weighted by atomic mass is 9.84. The van der Waals surface area contributed by atoms with Gasteiger partial charge in [0.05, 0.1) is 30.3 Å². The molecule has 2 aliphatic rings. The fraction of sp³-hybridized carbons (Fsp3) is 0.571. The Hall–Kier alpha value is -2.80. The van der Waals surface area contributed by atoms with Gasteiger partial charge < -0.3 is 19.9 Å². The maximum absolute atomic E-state index is 13.4. The summed E-state index contributed by atoms with van der Waals surface area (Å²) in [6.45, 7) is 1.16. The Labute approximate surface area is 178 Å². The van der Waals surface area contributed by atoms with Crippen LogP contribution in [0.3, 0.4) is 0 Å². The van der Waals surface area contributed by atoms with Crippen molar-refractivity contribution in [3.8, 4) is 6.07 Å². The highest BCUT2D eigenvalue weighted by Gasteiger charge is 2.39. The predicted octanol–water partition coefficient (Wildman–Crippen LogP) is 2.16. The number of piperazine rings is 1. The lowest BCUT2D eigenvalue weighted by Gasteiger charge is -2.43. The molecule has 0 aromatic heterocycles. The third-order valence-corrected chi connectivity index (χ3v) is 5.82. The molecular formula is C21H25F3N4O3. The molecule has 1 heterocycles. The monoisotopic (exact) mass is 438 g/mol. The van der Waals surface area contributed by atoms with Crippen molar-refractivity contribution in [1.82, 2.24) is 10.2 Å². The van der Waals surface area contributed by atoms with Crippen LogP contribution in [0.4, 0.5) is 18.9 Å². The van der Waals surface area contributed by atoms with Gasteiger partial charge >= 0.3 is 6.18 Å². The molecule has 1 aliphatic heterocycles. The summed E-state index contributed by atoms with van der Waals surface area (Å²) in [6.07, 6.45) is -2.04. The van der Waals surface area contributed by atoms with Crippen molar-refractivity contribution in [3.63, 3.8) is 0 Å². The van der Waals surface area contributed by atoms with Crippen LogP contribution >= 0.6 is 0 Å². The van der Waals surface area contributed by atoms with Gasteiger partial charge in [-0.15, -0.1) is 0 Å². The summed E-state index contributed by atoms with van der Waals surface area (Å²) in [5.74, 6) is -0.423. The van der Waals surface area contributed by atoms with E-state index >= 15 is 0 Å². The molecule has 0 bridgehead atoms. The first-order chi connectivity index (χ1) is 14.8. The van der Waals surface area contributed by atoms with Crippen LogP contribution in [0.1, 0.15) is 30.4 Å². The number of hydrogen-bond donors (Lipinski definition) is 1. The third kappa shape index (κ3) is 5.10. The van der Waals surface area contributed by atoms with E-state index in [-0.39, 0.29) is 49.7 Å². The number of anilines is 1. The number of methoxy groups -OCH3 is 1. The van der Waals surface area contributed by atoms with Gasteiger partial charge in [0.1, 0.15) is 6.04 Å². The molecule has 1 aromatic carbocycles. The number of carbonyl (C=O) groups is 2. The number of nitrogens with one attached hydrogen (secondary N) is 1. The summed E-state index contributed by atoms with van der Waals surface area (Å²) in [4.78, 5) is 28.8. The highest BCUT2D eigenvalue weighted by atomic mass is 19.4. The minimum atomic E-state index is -4.70. The average molecular weight is 438 g/mol. The molecular weight excluding hydrogens is 413 g/mol. The van der Waals surface area contributed by atoms with Crippen LogP contribution in [0.15, 0.2) is 18.2 Å². The molecule has 1 saturated heterocycles. The second-order valence-corrected chi connectivity index (χ2v) is 7.74. The van der Waals surface area contributed by atoms with Gasteiger partial charge in [0.25, 0.3) is 0 Å². The highest BCUT2D eigenvalue weighted by molar-refractivity contribution is 5.88. The molecule has 3 rings (SSSR count). The van der Waals surface area contributed by atoms with Crippen LogP contribution < -0.4 is 10.2 Å². The topological polar surface area (TPSA) is 85.7 Å². The second-order valence-electron chi connectivity index (χ2n) is 7.74. The largest absolute Gasteiger partial charge is 0.417 e. The third-order valence-electron chi connectivity index (χ3n) is 5.82. The van der Waals surface area contributed by atoms with E-state index in [1.54, 1.807) is 15.9 Å².